The van der Waals surface area contributed by atoms with Gasteiger partial charge in [-0.05, 0) is 5.53 Å². The summed E-state index contributed by atoms with van der Waals surface area (Å²) in [6, 6.07) is -1.63. The monoisotopic (exact) mass is 203 g/mol. The predicted molar refractivity (Wildman–Crippen MR) is 43.0 cm³/mol. The highest BCUT2D eigenvalue weighted by molar-refractivity contribution is 5.86. The van der Waals surface area contributed by atoms with Gasteiger partial charge in [-0.25, -0.2) is 4.79 Å². The van der Waals surface area contributed by atoms with Gasteiger partial charge < -0.3 is 14.6 Å². The first-order valence-electron chi connectivity index (χ1n) is 3.46. The topological polar surface area (TPSA) is 122 Å². The Kier molecular flexibility index (Phi) is 5.05. The van der Waals surface area contributed by atoms with Gasteiger partial charge in [0.05, 0.1) is 14.2 Å². The molecule has 0 amide bonds. The van der Waals surface area contributed by atoms with Crippen molar-refractivity contribution in [2.75, 3.05) is 14.2 Å². The summed E-state index contributed by atoms with van der Waals surface area (Å²) < 4.78 is 8.36. The molecule has 0 unspecified atom stereocenters. The Labute approximate surface area is 79.0 Å². The van der Waals surface area contributed by atoms with Gasteiger partial charge in [-0.1, -0.05) is 5.11 Å². The minimum absolute atomic E-state index is 1.01. The van der Waals surface area contributed by atoms with Gasteiger partial charge >= 0.3 is 11.9 Å². The molecule has 0 bridgehead atoms. The smallest absolute Gasteiger partial charge is 0.335 e. The number of carbonyl (C=O) groups excluding carboxylic acids is 2. The van der Waals surface area contributed by atoms with Crippen molar-refractivity contribution in [2.45, 2.75) is 12.1 Å². The molecule has 14 heavy (non-hydrogen) atoms. The lowest BCUT2D eigenvalue weighted by molar-refractivity contribution is -0.158. The Morgan fingerprint density at radius 1 is 1.36 bits per heavy atom. The van der Waals surface area contributed by atoms with Crippen LogP contribution in [0.1, 0.15) is 0 Å². The molecule has 8 heteroatoms. The second kappa shape index (κ2) is 5.79. The fourth-order valence-electron chi connectivity index (χ4n) is 0.665. The number of aliphatic hydroxyl groups excluding tert-OH is 1. The lowest BCUT2D eigenvalue weighted by atomic mass is 10.2. The van der Waals surface area contributed by atoms with Crippen LogP contribution in [-0.2, 0) is 19.1 Å². The molecule has 0 saturated heterocycles. The number of rotatable bonds is 4. The van der Waals surface area contributed by atoms with Crippen LogP contribution in [0.4, 0.5) is 0 Å². The maximum absolute atomic E-state index is 10.9. The fraction of sp³-hybridized carbons (Fsp3) is 0.667. The van der Waals surface area contributed by atoms with E-state index in [1.807, 2.05) is 0 Å². The van der Waals surface area contributed by atoms with E-state index >= 15 is 0 Å². The van der Waals surface area contributed by atoms with Crippen LogP contribution in [0.15, 0.2) is 5.11 Å². The van der Waals surface area contributed by atoms with Crippen molar-refractivity contribution in [1.82, 2.24) is 0 Å². The van der Waals surface area contributed by atoms with E-state index in [0.717, 1.165) is 14.2 Å². The van der Waals surface area contributed by atoms with Crippen LogP contribution in [-0.4, -0.2) is 43.4 Å². The molecule has 0 aliphatic rings. The standard InChI is InChI=1S/C6H9N3O5/c1-13-5(11)3(8-9-7)4(10)6(12)14-2/h3-4,10H,1-2H3/t3-,4-/m1/s1. The zero-order valence-corrected chi connectivity index (χ0v) is 7.58. The highest BCUT2D eigenvalue weighted by Crippen LogP contribution is 2.04. The van der Waals surface area contributed by atoms with Gasteiger partial charge in [-0.2, -0.15) is 0 Å². The van der Waals surface area contributed by atoms with E-state index < -0.39 is 24.1 Å². The second-order valence-corrected chi connectivity index (χ2v) is 2.14. The summed E-state index contributed by atoms with van der Waals surface area (Å²) >= 11 is 0. The molecule has 0 fully saturated rings. The molecule has 0 aromatic rings. The molecule has 0 radical (unpaired) electrons. The van der Waals surface area contributed by atoms with E-state index in [0.29, 0.717) is 0 Å². The van der Waals surface area contributed by atoms with Crippen LogP contribution in [0.5, 0.6) is 0 Å². The average Bonchev–Trinajstić information content (AvgIpc) is 2.22. The van der Waals surface area contributed by atoms with Gasteiger partial charge in [0.25, 0.3) is 0 Å². The molecule has 0 rings (SSSR count). The van der Waals surface area contributed by atoms with E-state index in [2.05, 4.69) is 19.5 Å². The van der Waals surface area contributed by atoms with Crippen molar-refractivity contribution in [1.29, 1.82) is 0 Å². The molecule has 0 aromatic heterocycles. The maximum atomic E-state index is 10.9. The third-order valence-electron chi connectivity index (χ3n) is 1.36. The van der Waals surface area contributed by atoms with Crippen LogP contribution in [0, 0.1) is 0 Å². The van der Waals surface area contributed by atoms with Gasteiger partial charge in [0.2, 0.25) is 0 Å². The van der Waals surface area contributed by atoms with Gasteiger partial charge in [0.1, 0.15) is 0 Å². The molecule has 0 heterocycles. The minimum Gasteiger partial charge on any atom is -0.469 e. The molecular formula is C6H9N3O5. The summed E-state index contributed by atoms with van der Waals surface area (Å²) in [4.78, 5) is 24.0. The van der Waals surface area contributed by atoms with Gasteiger partial charge in [-0.3, -0.25) is 4.79 Å². The number of azide groups is 1. The molecule has 0 aromatic carbocycles. The minimum atomic E-state index is -1.86. The Morgan fingerprint density at radius 2 is 1.86 bits per heavy atom. The quantitative estimate of drug-likeness (QED) is 0.282. The van der Waals surface area contributed by atoms with Crippen molar-refractivity contribution < 1.29 is 24.2 Å². The van der Waals surface area contributed by atoms with Crippen molar-refractivity contribution in [2.24, 2.45) is 5.11 Å². The number of hydrogen-bond donors (Lipinski definition) is 1. The van der Waals surface area contributed by atoms with Crippen molar-refractivity contribution in [3.05, 3.63) is 10.4 Å². The highest BCUT2D eigenvalue weighted by Gasteiger charge is 2.32. The molecule has 0 aliphatic heterocycles. The number of hydrogen-bond acceptors (Lipinski definition) is 6. The van der Waals surface area contributed by atoms with E-state index in [9.17, 15) is 9.59 Å². The SMILES string of the molecule is COC(=O)[C@H](O)[C@@H](N=[N+]=[N-])C(=O)OC. The Morgan fingerprint density at radius 3 is 2.21 bits per heavy atom. The molecule has 0 saturated carbocycles. The molecule has 1 N–H and O–H groups in total. The van der Waals surface area contributed by atoms with Crippen LogP contribution < -0.4 is 0 Å². The molecular weight excluding hydrogens is 194 g/mol. The van der Waals surface area contributed by atoms with Crippen LogP contribution in [0.25, 0.3) is 10.4 Å². The molecule has 0 aliphatic carbocycles. The number of methoxy groups -OCH3 is 2. The summed E-state index contributed by atoms with van der Waals surface area (Å²) in [5, 5.41) is 12.1. The fourth-order valence-corrected chi connectivity index (χ4v) is 0.665. The zero-order chi connectivity index (χ0) is 11.1. The second-order valence-electron chi connectivity index (χ2n) is 2.14. The van der Waals surface area contributed by atoms with E-state index in [1.165, 1.54) is 0 Å². The van der Waals surface area contributed by atoms with E-state index in [1.54, 1.807) is 0 Å². The molecule has 78 valence electrons. The summed E-state index contributed by atoms with van der Waals surface area (Å²) in [5.41, 5.74) is 8.07. The first kappa shape index (κ1) is 12.2. The molecule has 8 nitrogen and oxygen atoms in total. The average molecular weight is 203 g/mol. The van der Waals surface area contributed by atoms with Crippen LogP contribution >= 0.6 is 0 Å². The van der Waals surface area contributed by atoms with Gasteiger partial charge in [0, 0.05) is 4.91 Å². The van der Waals surface area contributed by atoms with Crippen LogP contribution in [0.3, 0.4) is 0 Å². The Bertz CT molecular complexity index is 273. The Balaban J connectivity index is 4.73. The molecule has 2 atom stereocenters. The van der Waals surface area contributed by atoms with Gasteiger partial charge in [0.15, 0.2) is 12.1 Å². The van der Waals surface area contributed by atoms with Crippen LogP contribution in [0.2, 0.25) is 0 Å². The normalized spacial score (nSPS) is 13.4. The van der Waals surface area contributed by atoms with Gasteiger partial charge in [-0.15, -0.1) is 0 Å². The summed E-state index contributed by atoms with van der Waals surface area (Å²) in [6.45, 7) is 0. The lowest BCUT2D eigenvalue weighted by Gasteiger charge is -2.13. The van der Waals surface area contributed by atoms with E-state index in [-0.39, 0.29) is 0 Å². The zero-order valence-electron chi connectivity index (χ0n) is 7.58. The summed E-state index contributed by atoms with van der Waals surface area (Å²) in [7, 11) is 2.06. The number of ether oxygens (including phenoxy) is 2. The number of aliphatic hydroxyl groups is 1. The predicted octanol–water partition coefficient (Wildman–Crippen LogP) is -0.628. The number of nitrogens with zero attached hydrogens (tertiary/aromatic N) is 3. The van der Waals surface area contributed by atoms with Crippen molar-refractivity contribution in [3.63, 3.8) is 0 Å². The highest BCUT2D eigenvalue weighted by atomic mass is 16.5. The number of carbonyl (C=O) groups is 2. The van der Waals surface area contributed by atoms with Crippen molar-refractivity contribution >= 4 is 11.9 Å². The largest absolute Gasteiger partial charge is 0.469 e. The molecule has 0 spiro atoms. The third kappa shape index (κ3) is 2.92. The Hall–Kier alpha value is -1.79. The third-order valence-corrected chi connectivity index (χ3v) is 1.36. The summed E-state index contributed by atoms with van der Waals surface area (Å²) in [5.74, 6) is -2.09. The first-order valence-corrected chi connectivity index (χ1v) is 3.46. The maximum Gasteiger partial charge on any atom is 0.335 e. The summed E-state index contributed by atoms with van der Waals surface area (Å²) in [6.07, 6.45) is -1.86. The lowest BCUT2D eigenvalue weighted by Crippen LogP contribution is -2.39. The van der Waals surface area contributed by atoms with E-state index in [4.69, 9.17) is 10.6 Å². The first-order chi connectivity index (χ1) is 6.58. The number of esters is 2. The van der Waals surface area contributed by atoms with Crippen molar-refractivity contribution in [3.8, 4) is 0 Å².